The highest BCUT2D eigenvalue weighted by molar-refractivity contribution is 7.99. The lowest BCUT2D eigenvalue weighted by Gasteiger charge is -2.23. The first-order valence-corrected chi connectivity index (χ1v) is 8.82. The van der Waals surface area contributed by atoms with Crippen LogP contribution in [0.4, 0.5) is 14.9 Å². The van der Waals surface area contributed by atoms with Crippen molar-refractivity contribution in [3.05, 3.63) is 59.9 Å². The van der Waals surface area contributed by atoms with E-state index >= 15 is 0 Å². The monoisotopic (exact) mass is 358 g/mol. The van der Waals surface area contributed by atoms with Crippen LogP contribution in [0, 0.1) is 5.82 Å². The van der Waals surface area contributed by atoms with E-state index in [1.54, 1.807) is 48.4 Å². The molecule has 3 amide bonds. The molecule has 0 aliphatic carbocycles. The fraction of sp³-hybridized carbons (Fsp3) is 0.222. The largest absolute Gasteiger partial charge is 0.497 e. The number of imide groups is 1. The predicted molar refractivity (Wildman–Crippen MR) is 93.1 cm³/mol. The smallest absolute Gasteiger partial charge is 0.333 e. The summed E-state index contributed by atoms with van der Waals surface area (Å²) in [5.41, 5.74) is 1.33. The van der Waals surface area contributed by atoms with Gasteiger partial charge in [-0.25, -0.2) is 14.1 Å². The third kappa shape index (κ3) is 2.55. The van der Waals surface area contributed by atoms with Gasteiger partial charge < -0.3 is 4.74 Å². The first-order valence-electron chi connectivity index (χ1n) is 7.77. The molecule has 25 heavy (non-hydrogen) atoms. The van der Waals surface area contributed by atoms with E-state index in [4.69, 9.17) is 4.74 Å². The average molecular weight is 358 g/mol. The van der Waals surface area contributed by atoms with Crippen LogP contribution in [-0.4, -0.2) is 35.7 Å². The van der Waals surface area contributed by atoms with Gasteiger partial charge >= 0.3 is 6.03 Å². The molecule has 2 saturated heterocycles. The summed E-state index contributed by atoms with van der Waals surface area (Å²) < 4.78 is 18.3. The van der Waals surface area contributed by atoms with Crippen molar-refractivity contribution >= 4 is 29.4 Å². The Kier molecular flexibility index (Phi) is 3.88. The van der Waals surface area contributed by atoms with Gasteiger partial charge in [0.25, 0.3) is 5.91 Å². The van der Waals surface area contributed by atoms with Crippen LogP contribution < -0.4 is 9.64 Å². The van der Waals surface area contributed by atoms with Crippen LogP contribution in [0.25, 0.3) is 0 Å². The van der Waals surface area contributed by atoms with Crippen LogP contribution >= 0.6 is 11.8 Å². The summed E-state index contributed by atoms with van der Waals surface area (Å²) >= 11 is 1.52. The van der Waals surface area contributed by atoms with Crippen LogP contribution in [0.5, 0.6) is 5.75 Å². The number of methoxy groups -OCH3 is 1. The number of ether oxygens (including phenoxy) is 1. The summed E-state index contributed by atoms with van der Waals surface area (Å²) in [7, 11) is 1.56. The highest BCUT2D eigenvalue weighted by atomic mass is 32.2. The summed E-state index contributed by atoms with van der Waals surface area (Å²) in [5, 5.41) is -0.287. The van der Waals surface area contributed by atoms with Crippen molar-refractivity contribution in [1.29, 1.82) is 0 Å². The van der Waals surface area contributed by atoms with E-state index < -0.39 is 6.04 Å². The molecule has 2 aromatic carbocycles. The van der Waals surface area contributed by atoms with Crippen LogP contribution in [0.2, 0.25) is 0 Å². The maximum Gasteiger partial charge on any atom is 0.333 e. The van der Waals surface area contributed by atoms with Crippen molar-refractivity contribution < 1.29 is 18.7 Å². The lowest BCUT2D eigenvalue weighted by atomic mass is 10.2. The van der Waals surface area contributed by atoms with Crippen molar-refractivity contribution in [3.8, 4) is 5.75 Å². The molecule has 0 radical (unpaired) electrons. The second kappa shape index (κ2) is 6.07. The van der Waals surface area contributed by atoms with E-state index in [-0.39, 0.29) is 23.1 Å². The number of halogens is 1. The number of anilines is 1. The SMILES string of the molecule is COc1ccc(N2C(=O)[C@H]3CS[C@H](c4ccc(F)cc4)N3C2=O)cc1. The van der Waals surface area contributed by atoms with E-state index in [0.29, 0.717) is 17.2 Å². The highest BCUT2D eigenvalue weighted by Gasteiger charge is 2.53. The molecule has 0 aromatic heterocycles. The third-order valence-corrected chi connectivity index (χ3v) is 5.73. The normalized spacial score (nSPS) is 22.5. The minimum atomic E-state index is -0.491. The molecule has 2 aliphatic heterocycles. The number of hydrogen-bond donors (Lipinski definition) is 0. The molecule has 2 aliphatic rings. The Bertz CT molecular complexity index is 825. The average Bonchev–Trinajstić information content (AvgIpc) is 3.17. The number of amides is 3. The Labute approximate surface area is 148 Å². The van der Waals surface area contributed by atoms with Gasteiger partial charge in [0.15, 0.2) is 0 Å². The van der Waals surface area contributed by atoms with Crippen LogP contribution in [0.15, 0.2) is 48.5 Å². The zero-order chi connectivity index (χ0) is 17.6. The number of hydrogen-bond acceptors (Lipinski definition) is 4. The lowest BCUT2D eigenvalue weighted by molar-refractivity contribution is -0.119. The lowest BCUT2D eigenvalue weighted by Crippen LogP contribution is -2.33. The van der Waals surface area contributed by atoms with Gasteiger partial charge in [-0.2, -0.15) is 0 Å². The number of benzene rings is 2. The molecular formula is C18H15FN2O3S. The second-order valence-electron chi connectivity index (χ2n) is 5.81. The van der Waals surface area contributed by atoms with Crippen molar-refractivity contribution in [2.75, 3.05) is 17.8 Å². The van der Waals surface area contributed by atoms with Gasteiger partial charge in [-0.3, -0.25) is 9.69 Å². The molecule has 0 unspecified atom stereocenters. The zero-order valence-corrected chi connectivity index (χ0v) is 14.2. The number of thioether (sulfide) groups is 1. The van der Waals surface area contributed by atoms with Crippen molar-refractivity contribution in [2.45, 2.75) is 11.4 Å². The third-order valence-electron chi connectivity index (χ3n) is 4.40. The minimum Gasteiger partial charge on any atom is -0.497 e. The quantitative estimate of drug-likeness (QED) is 0.789. The fourth-order valence-electron chi connectivity index (χ4n) is 3.14. The molecule has 2 heterocycles. The maximum absolute atomic E-state index is 13.2. The molecule has 0 bridgehead atoms. The Morgan fingerprint density at radius 2 is 1.76 bits per heavy atom. The Morgan fingerprint density at radius 1 is 1.08 bits per heavy atom. The molecular weight excluding hydrogens is 343 g/mol. The van der Waals surface area contributed by atoms with Gasteiger partial charge in [-0.05, 0) is 42.0 Å². The highest BCUT2D eigenvalue weighted by Crippen LogP contribution is 2.46. The first kappa shape index (κ1) is 16.0. The molecule has 0 saturated carbocycles. The van der Waals surface area contributed by atoms with Gasteiger partial charge in [0, 0.05) is 5.75 Å². The van der Waals surface area contributed by atoms with Crippen molar-refractivity contribution in [2.24, 2.45) is 0 Å². The van der Waals surface area contributed by atoms with Gasteiger partial charge in [0.2, 0.25) is 0 Å². The molecule has 128 valence electrons. The van der Waals surface area contributed by atoms with Gasteiger partial charge in [0.05, 0.1) is 12.8 Å². The van der Waals surface area contributed by atoms with Crippen molar-refractivity contribution in [3.63, 3.8) is 0 Å². The molecule has 2 aromatic rings. The van der Waals surface area contributed by atoms with Crippen molar-refractivity contribution in [1.82, 2.24) is 4.90 Å². The number of rotatable bonds is 3. The molecule has 4 rings (SSSR count). The number of nitrogens with zero attached hydrogens (tertiary/aromatic N) is 2. The van der Waals surface area contributed by atoms with E-state index in [1.165, 1.54) is 28.8 Å². The van der Waals surface area contributed by atoms with Gasteiger partial charge in [-0.15, -0.1) is 11.8 Å². The van der Waals surface area contributed by atoms with Gasteiger partial charge in [0.1, 0.15) is 23.0 Å². The number of fused-ring (bicyclic) bond motifs is 1. The molecule has 7 heteroatoms. The summed E-state index contributed by atoms with van der Waals surface area (Å²) in [6.07, 6.45) is 0. The summed E-state index contributed by atoms with van der Waals surface area (Å²) in [4.78, 5) is 28.5. The van der Waals surface area contributed by atoms with Crippen LogP contribution in [0.3, 0.4) is 0 Å². The number of urea groups is 1. The Morgan fingerprint density at radius 3 is 2.40 bits per heavy atom. The van der Waals surface area contributed by atoms with E-state index in [0.717, 1.165) is 5.56 Å². The molecule has 2 atom stereocenters. The maximum atomic E-state index is 13.2. The molecule has 0 spiro atoms. The first-order chi connectivity index (χ1) is 12.1. The van der Waals surface area contributed by atoms with E-state index in [1.807, 2.05) is 0 Å². The minimum absolute atomic E-state index is 0.229. The van der Waals surface area contributed by atoms with Crippen LogP contribution in [-0.2, 0) is 4.79 Å². The number of carbonyl (C=O) groups excluding carboxylic acids is 2. The predicted octanol–water partition coefficient (Wildman–Crippen LogP) is 3.42. The molecule has 2 fully saturated rings. The Hall–Kier alpha value is -2.54. The van der Waals surface area contributed by atoms with Gasteiger partial charge in [-0.1, -0.05) is 12.1 Å². The topological polar surface area (TPSA) is 49.9 Å². The Balaban J connectivity index is 1.65. The van der Waals surface area contributed by atoms with E-state index in [2.05, 4.69) is 0 Å². The zero-order valence-electron chi connectivity index (χ0n) is 13.4. The summed E-state index contributed by atoms with van der Waals surface area (Å²) in [5.74, 6) is 0.626. The standard InChI is InChI=1S/C18H15FN2O3S/c1-24-14-8-6-13(7-9-14)20-16(22)15-10-25-17(21(15)18(20)23)11-2-4-12(19)5-3-11/h2-9,15,17H,10H2,1H3/t15-,17-/m1/s1. The van der Waals surface area contributed by atoms with Crippen LogP contribution in [0.1, 0.15) is 10.9 Å². The second-order valence-corrected chi connectivity index (χ2v) is 6.93. The molecule has 0 N–H and O–H groups in total. The fourth-order valence-corrected chi connectivity index (χ4v) is 4.56. The van der Waals surface area contributed by atoms with E-state index in [9.17, 15) is 14.0 Å². The number of carbonyl (C=O) groups is 2. The molecule has 5 nitrogen and oxygen atoms in total. The summed E-state index contributed by atoms with van der Waals surface area (Å²) in [6.45, 7) is 0. The summed E-state index contributed by atoms with van der Waals surface area (Å²) in [6, 6.07) is 12.0.